The van der Waals surface area contributed by atoms with Crippen molar-refractivity contribution >= 4 is 0 Å². The molecule has 0 bridgehead atoms. The SMILES string of the molecule is OOCCCCOOOO. The van der Waals surface area contributed by atoms with Gasteiger partial charge in [0.05, 0.1) is 13.2 Å². The smallest absolute Gasteiger partial charge is 0.0855 e. The van der Waals surface area contributed by atoms with Crippen LogP contribution in [-0.4, -0.2) is 23.7 Å². The van der Waals surface area contributed by atoms with E-state index in [0.29, 0.717) is 12.8 Å². The predicted octanol–water partition coefficient (Wildman–Crippen LogP) is 0.609. The zero-order valence-electron chi connectivity index (χ0n) is 5.36. The van der Waals surface area contributed by atoms with Gasteiger partial charge < -0.3 is 0 Å². The van der Waals surface area contributed by atoms with Gasteiger partial charge in [-0.1, -0.05) is 0 Å². The van der Waals surface area contributed by atoms with Crippen LogP contribution >= 0.6 is 0 Å². The molecule has 0 aromatic rings. The molecule has 0 aromatic carbocycles. The fourth-order valence-electron chi connectivity index (χ4n) is 0.383. The molecule has 0 atom stereocenters. The quantitative estimate of drug-likeness (QED) is 0.318. The van der Waals surface area contributed by atoms with E-state index in [1.54, 1.807) is 0 Å². The summed E-state index contributed by atoms with van der Waals surface area (Å²) in [6.07, 6.45) is 1.29. The van der Waals surface area contributed by atoms with Gasteiger partial charge in [0.1, 0.15) is 0 Å². The van der Waals surface area contributed by atoms with E-state index in [1.165, 1.54) is 0 Å². The summed E-state index contributed by atoms with van der Waals surface area (Å²) in [5.74, 6) is 0. The molecule has 0 aliphatic heterocycles. The minimum absolute atomic E-state index is 0.253. The number of rotatable bonds is 7. The molecule has 6 nitrogen and oxygen atoms in total. The Bertz CT molecular complexity index is 49.7. The van der Waals surface area contributed by atoms with Gasteiger partial charge in [0, 0.05) is 0 Å². The van der Waals surface area contributed by atoms with Crippen LogP contribution in [0, 0.1) is 0 Å². The summed E-state index contributed by atoms with van der Waals surface area (Å²) in [7, 11) is 0. The minimum Gasteiger partial charge on any atom is -0.252 e. The Morgan fingerprint density at radius 3 is 2.30 bits per heavy atom. The van der Waals surface area contributed by atoms with E-state index in [2.05, 4.69) is 19.9 Å². The summed E-state index contributed by atoms with van der Waals surface area (Å²) in [5.41, 5.74) is 0. The highest BCUT2D eigenvalue weighted by Crippen LogP contribution is 1.90. The van der Waals surface area contributed by atoms with Crippen molar-refractivity contribution in [2.75, 3.05) is 13.2 Å². The third-order valence-corrected chi connectivity index (χ3v) is 0.792. The predicted molar refractivity (Wildman–Crippen MR) is 28.6 cm³/mol. The number of unbranched alkanes of at least 4 members (excludes halogenated alkanes) is 1. The molecule has 0 aliphatic carbocycles. The molecule has 0 heterocycles. The summed E-state index contributed by atoms with van der Waals surface area (Å²) < 4.78 is 0. The minimum atomic E-state index is 0.253. The first-order valence-corrected chi connectivity index (χ1v) is 2.78. The number of hydrogen-bond acceptors (Lipinski definition) is 6. The van der Waals surface area contributed by atoms with E-state index in [4.69, 9.17) is 10.5 Å². The Balaban J connectivity index is 2.65. The molecular weight excluding hydrogens is 144 g/mol. The highest BCUT2D eigenvalue weighted by atomic mass is 17.6. The summed E-state index contributed by atoms with van der Waals surface area (Å²) in [6.45, 7) is 0.521. The van der Waals surface area contributed by atoms with Crippen molar-refractivity contribution in [2.24, 2.45) is 0 Å². The van der Waals surface area contributed by atoms with Crippen molar-refractivity contribution in [1.82, 2.24) is 0 Å². The monoisotopic (exact) mass is 154 g/mol. The maximum atomic E-state index is 7.83. The van der Waals surface area contributed by atoms with Crippen LogP contribution < -0.4 is 0 Å². The van der Waals surface area contributed by atoms with Crippen LogP contribution in [-0.2, 0) is 19.9 Å². The van der Waals surface area contributed by atoms with Crippen LogP contribution in [0.25, 0.3) is 0 Å². The maximum Gasteiger partial charge on any atom is 0.0855 e. The fraction of sp³-hybridized carbons (Fsp3) is 1.00. The van der Waals surface area contributed by atoms with Crippen molar-refractivity contribution in [3.8, 4) is 0 Å². The average Bonchev–Trinajstić information content (AvgIpc) is 1.97. The van der Waals surface area contributed by atoms with Gasteiger partial charge in [-0.25, -0.2) is 15.0 Å². The van der Waals surface area contributed by atoms with Crippen molar-refractivity contribution in [2.45, 2.75) is 12.8 Å². The largest absolute Gasteiger partial charge is 0.252 e. The first-order chi connectivity index (χ1) is 4.91. The van der Waals surface area contributed by atoms with Crippen LogP contribution in [0.2, 0.25) is 0 Å². The van der Waals surface area contributed by atoms with Crippen molar-refractivity contribution in [1.29, 1.82) is 0 Å². The summed E-state index contributed by atoms with van der Waals surface area (Å²) in [4.78, 5) is 7.99. The molecule has 0 aromatic heterocycles. The lowest BCUT2D eigenvalue weighted by molar-refractivity contribution is -0.623. The topological polar surface area (TPSA) is 77.4 Å². The number of hydrogen-bond donors (Lipinski definition) is 2. The van der Waals surface area contributed by atoms with Gasteiger partial charge in [-0.05, 0) is 22.9 Å². The second-order valence-electron chi connectivity index (χ2n) is 1.50. The molecule has 10 heavy (non-hydrogen) atoms. The van der Waals surface area contributed by atoms with E-state index < -0.39 is 0 Å². The molecular formula is C4H10O6. The molecule has 62 valence electrons. The van der Waals surface area contributed by atoms with Crippen molar-refractivity contribution < 1.29 is 30.4 Å². The molecule has 6 heteroatoms. The van der Waals surface area contributed by atoms with Gasteiger partial charge in [-0.15, -0.1) is 0 Å². The first-order valence-electron chi connectivity index (χ1n) is 2.78. The third-order valence-electron chi connectivity index (χ3n) is 0.792. The Morgan fingerprint density at radius 1 is 1.00 bits per heavy atom. The average molecular weight is 154 g/mol. The molecule has 0 fully saturated rings. The van der Waals surface area contributed by atoms with Gasteiger partial charge >= 0.3 is 0 Å². The van der Waals surface area contributed by atoms with E-state index in [-0.39, 0.29) is 13.2 Å². The lowest BCUT2D eigenvalue weighted by atomic mass is 10.3. The normalized spacial score (nSPS) is 10.2. The van der Waals surface area contributed by atoms with E-state index in [0.717, 1.165) is 0 Å². The zero-order chi connectivity index (χ0) is 7.66. The Labute approximate surface area is 57.6 Å². The Hall–Kier alpha value is -0.240. The van der Waals surface area contributed by atoms with Gasteiger partial charge in [0.2, 0.25) is 0 Å². The van der Waals surface area contributed by atoms with Crippen LogP contribution in [0.15, 0.2) is 0 Å². The second kappa shape index (κ2) is 8.76. The van der Waals surface area contributed by atoms with Crippen LogP contribution in [0.1, 0.15) is 12.8 Å². The molecule has 0 saturated carbocycles. The molecule has 0 amide bonds. The molecule has 0 saturated heterocycles. The van der Waals surface area contributed by atoms with E-state index >= 15 is 0 Å². The molecule has 0 unspecified atom stereocenters. The fourth-order valence-corrected chi connectivity index (χ4v) is 0.383. The second-order valence-corrected chi connectivity index (χ2v) is 1.50. The van der Waals surface area contributed by atoms with Crippen molar-refractivity contribution in [3.05, 3.63) is 0 Å². The van der Waals surface area contributed by atoms with Gasteiger partial charge in [-0.3, -0.25) is 5.26 Å². The zero-order valence-corrected chi connectivity index (χ0v) is 5.36. The van der Waals surface area contributed by atoms with E-state index in [1.807, 2.05) is 0 Å². The lowest BCUT2D eigenvalue weighted by Crippen LogP contribution is -1.98. The summed E-state index contributed by atoms with van der Waals surface area (Å²) >= 11 is 0. The Morgan fingerprint density at radius 2 is 1.70 bits per heavy atom. The lowest BCUT2D eigenvalue weighted by Gasteiger charge is -1.97. The molecule has 2 N–H and O–H groups in total. The molecule has 0 rings (SSSR count). The van der Waals surface area contributed by atoms with Crippen LogP contribution in [0.3, 0.4) is 0 Å². The van der Waals surface area contributed by atoms with Crippen LogP contribution in [0.5, 0.6) is 0 Å². The first kappa shape index (κ1) is 9.76. The van der Waals surface area contributed by atoms with Crippen LogP contribution in [0.4, 0.5) is 0 Å². The molecule has 0 radical (unpaired) electrons. The van der Waals surface area contributed by atoms with Gasteiger partial charge in [-0.2, -0.15) is 0 Å². The molecule has 0 spiro atoms. The standard InChI is InChI=1S/C4H10O6/c5-7-3-1-2-4-8-10-9-6/h5-6H,1-4H2. The Kier molecular flexibility index (Phi) is 8.55. The third kappa shape index (κ3) is 7.76. The highest BCUT2D eigenvalue weighted by Gasteiger charge is 1.89. The highest BCUT2D eigenvalue weighted by molar-refractivity contribution is 4.32. The maximum absolute atomic E-state index is 7.83. The van der Waals surface area contributed by atoms with Crippen molar-refractivity contribution in [3.63, 3.8) is 0 Å². The van der Waals surface area contributed by atoms with Gasteiger partial charge in [0.25, 0.3) is 0 Å². The molecule has 0 aliphatic rings. The summed E-state index contributed by atoms with van der Waals surface area (Å²) in [6, 6.07) is 0. The van der Waals surface area contributed by atoms with Gasteiger partial charge in [0.15, 0.2) is 0 Å². The van der Waals surface area contributed by atoms with E-state index in [9.17, 15) is 0 Å². The summed E-state index contributed by atoms with van der Waals surface area (Å²) in [5, 5.41) is 22.2.